The minimum atomic E-state index is -0.212. The molecular formula is C13H17N3O3S. The summed E-state index contributed by atoms with van der Waals surface area (Å²) in [6.07, 6.45) is 0. The van der Waals surface area contributed by atoms with E-state index in [-0.39, 0.29) is 24.5 Å². The predicted octanol–water partition coefficient (Wildman–Crippen LogP) is 0.872. The molecule has 108 valence electrons. The SMILES string of the molecule is COCC(=O)Nc1ccc(NC(=O)C2CSCN2)cc1. The number of hydrogen-bond donors (Lipinski definition) is 3. The van der Waals surface area contributed by atoms with E-state index in [0.29, 0.717) is 11.4 Å². The fraction of sp³-hybridized carbons (Fsp3) is 0.385. The molecule has 1 atom stereocenters. The van der Waals surface area contributed by atoms with Gasteiger partial charge in [0, 0.05) is 30.1 Å². The van der Waals surface area contributed by atoms with Crippen molar-refractivity contribution in [3.63, 3.8) is 0 Å². The molecule has 6 nitrogen and oxygen atoms in total. The smallest absolute Gasteiger partial charge is 0.250 e. The van der Waals surface area contributed by atoms with E-state index < -0.39 is 0 Å². The lowest BCUT2D eigenvalue weighted by atomic mass is 10.2. The maximum absolute atomic E-state index is 11.9. The maximum atomic E-state index is 11.9. The Bertz CT molecular complexity index is 472. The van der Waals surface area contributed by atoms with E-state index in [1.807, 2.05) is 0 Å². The van der Waals surface area contributed by atoms with Crippen LogP contribution in [0.1, 0.15) is 0 Å². The number of amides is 2. The van der Waals surface area contributed by atoms with E-state index >= 15 is 0 Å². The van der Waals surface area contributed by atoms with Crippen molar-refractivity contribution < 1.29 is 14.3 Å². The van der Waals surface area contributed by atoms with Gasteiger partial charge in [-0.2, -0.15) is 0 Å². The molecule has 0 aromatic heterocycles. The monoisotopic (exact) mass is 295 g/mol. The molecule has 1 fully saturated rings. The highest BCUT2D eigenvalue weighted by molar-refractivity contribution is 7.99. The molecule has 0 radical (unpaired) electrons. The quantitative estimate of drug-likeness (QED) is 0.751. The molecule has 0 bridgehead atoms. The average Bonchev–Trinajstić information content (AvgIpc) is 2.95. The van der Waals surface area contributed by atoms with Gasteiger partial charge in [0.15, 0.2) is 0 Å². The Hall–Kier alpha value is -1.57. The molecule has 2 amide bonds. The van der Waals surface area contributed by atoms with E-state index in [2.05, 4.69) is 16.0 Å². The molecule has 20 heavy (non-hydrogen) atoms. The van der Waals surface area contributed by atoms with E-state index in [1.54, 1.807) is 36.0 Å². The van der Waals surface area contributed by atoms with E-state index in [0.717, 1.165) is 11.6 Å². The van der Waals surface area contributed by atoms with E-state index in [4.69, 9.17) is 4.74 Å². The largest absolute Gasteiger partial charge is 0.375 e. The Morgan fingerprint density at radius 1 is 1.30 bits per heavy atom. The zero-order chi connectivity index (χ0) is 14.4. The zero-order valence-electron chi connectivity index (χ0n) is 11.1. The molecule has 2 rings (SSSR count). The van der Waals surface area contributed by atoms with Gasteiger partial charge in [0.05, 0.1) is 6.04 Å². The van der Waals surface area contributed by atoms with Gasteiger partial charge >= 0.3 is 0 Å². The van der Waals surface area contributed by atoms with Crippen molar-refractivity contribution in [1.82, 2.24) is 5.32 Å². The van der Waals surface area contributed by atoms with Crippen LogP contribution in [0.5, 0.6) is 0 Å². The Morgan fingerprint density at radius 2 is 1.95 bits per heavy atom. The van der Waals surface area contributed by atoms with Gasteiger partial charge in [-0.15, -0.1) is 11.8 Å². The minimum Gasteiger partial charge on any atom is -0.375 e. The van der Waals surface area contributed by atoms with Crippen LogP contribution >= 0.6 is 11.8 Å². The van der Waals surface area contributed by atoms with Crippen molar-refractivity contribution in [2.45, 2.75) is 6.04 Å². The van der Waals surface area contributed by atoms with Crippen LogP contribution in [0.2, 0.25) is 0 Å². The molecule has 7 heteroatoms. The molecule has 1 aromatic carbocycles. The Morgan fingerprint density at radius 3 is 2.50 bits per heavy atom. The number of carbonyl (C=O) groups is 2. The van der Waals surface area contributed by atoms with Gasteiger partial charge in [0.2, 0.25) is 11.8 Å². The van der Waals surface area contributed by atoms with Gasteiger partial charge in [-0.3, -0.25) is 14.9 Å². The summed E-state index contributed by atoms with van der Waals surface area (Å²) in [6, 6.07) is 6.84. The summed E-state index contributed by atoms with van der Waals surface area (Å²) in [7, 11) is 1.47. The lowest BCUT2D eigenvalue weighted by Gasteiger charge is -2.11. The average molecular weight is 295 g/mol. The number of carbonyl (C=O) groups excluding carboxylic acids is 2. The second-order valence-electron chi connectivity index (χ2n) is 4.32. The Balaban J connectivity index is 1.87. The summed E-state index contributed by atoms with van der Waals surface area (Å²) in [5.41, 5.74) is 1.37. The van der Waals surface area contributed by atoms with Crippen molar-refractivity contribution in [3.05, 3.63) is 24.3 Å². The fourth-order valence-corrected chi connectivity index (χ4v) is 2.70. The number of ether oxygens (including phenoxy) is 1. The van der Waals surface area contributed by atoms with Crippen LogP contribution in [0.25, 0.3) is 0 Å². The lowest BCUT2D eigenvalue weighted by molar-refractivity contribution is -0.119. The van der Waals surface area contributed by atoms with Crippen molar-refractivity contribution in [3.8, 4) is 0 Å². The molecule has 0 saturated carbocycles. The van der Waals surface area contributed by atoms with Crippen LogP contribution in [-0.2, 0) is 14.3 Å². The fourth-order valence-electron chi connectivity index (χ4n) is 1.76. The second-order valence-corrected chi connectivity index (χ2v) is 5.35. The molecule has 1 aliphatic rings. The van der Waals surface area contributed by atoms with Gasteiger partial charge in [-0.05, 0) is 24.3 Å². The number of hydrogen-bond acceptors (Lipinski definition) is 5. The normalized spacial score (nSPS) is 17.8. The molecule has 0 spiro atoms. The molecule has 1 heterocycles. The van der Waals surface area contributed by atoms with Crippen molar-refractivity contribution >= 4 is 35.0 Å². The number of rotatable bonds is 5. The maximum Gasteiger partial charge on any atom is 0.250 e. The first-order valence-corrected chi connectivity index (χ1v) is 7.35. The first-order valence-electron chi connectivity index (χ1n) is 6.20. The molecule has 1 saturated heterocycles. The molecule has 1 unspecified atom stereocenters. The van der Waals surface area contributed by atoms with E-state index in [9.17, 15) is 9.59 Å². The molecule has 1 aromatic rings. The molecule has 0 aliphatic carbocycles. The highest BCUT2D eigenvalue weighted by atomic mass is 32.2. The first-order chi connectivity index (χ1) is 9.69. The third-order valence-corrected chi connectivity index (χ3v) is 3.68. The number of nitrogens with one attached hydrogen (secondary N) is 3. The van der Waals surface area contributed by atoms with Gasteiger partial charge < -0.3 is 15.4 Å². The van der Waals surface area contributed by atoms with Crippen LogP contribution in [0.3, 0.4) is 0 Å². The van der Waals surface area contributed by atoms with Crippen LogP contribution in [0.4, 0.5) is 11.4 Å². The summed E-state index contributed by atoms with van der Waals surface area (Å²) in [6.45, 7) is 0.0174. The van der Waals surface area contributed by atoms with Crippen molar-refractivity contribution in [1.29, 1.82) is 0 Å². The summed E-state index contributed by atoms with van der Waals surface area (Å²) in [5.74, 6) is 1.35. The Labute approximate surface area is 121 Å². The van der Waals surface area contributed by atoms with Crippen molar-refractivity contribution in [2.24, 2.45) is 0 Å². The lowest BCUT2D eigenvalue weighted by Crippen LogP contribution is -2.37. The highest BCUT2D eigenvalue weighted by Crippen LogP contribution is 2.15. The third kappa shape index (κ3) is 4.22. The van der Waals surface area contributed by atoms with Gasteiger partial charge in [0.25, 0.3) is 0 Å². The van der Waals surface area contributed by atoms with Gasteiger partial charge in [0.1, 0.15) is 6.61 Å². The van der Waals surface area contributed by atoms with E-state index in [1.165, 1.54) is 7.11 Å². The summed E-state index contributed by atoms with van der Waals surface area (Å²) in [4.78, 5) is 23.2. The van der Waals surface area contributed by atoms with Gasteiger partial charge in [-0.1, -0.05) is 0 Å². The topological polar surface area (TPSA) is 79.5 Å². The zero-order valence-corrected chi connectivity index (χ0v) is 12.0. The van der Waals surface area contributed by atoms with Gasteiger partial charge in [-0.25, -0.2) is 0 Å². The summed E-state index contributed by atoms with van der Waals surface area (Å²) < 4.78 is 4.73. The Kier molecular flexibility index (Phi) is 5.40. The number of thioether (sulfide) groups is 1. The molecule has 1 aliphatic heterocycles. The number of benzene rings is 1. The molecule has 3 N–H and O–H groups in total. The predicted molar refractivity (Wildman–Crippen MR) is 79.8 cm³/mol. The third-order valence-electron chi connectivity index (χ3n) is 2.74. The summed E-state index contributed by atoms with van der Waals surface area (Å²) >= 11 is 1.70. The van der Waals surface area contributed by atoms with Crippen LogP contribution in [-0.4, -0.2) is 43.2 Å². The first kappa shape index (κ1) is 14.8. The standard InChI is InChI=1S/C13H17N3O3S/c1-19-6-12(17)15-9-2-4-10(5-3-9)16-13(18)11-7-20-8-14-11/h2-5,11,14H,6-8H2,1H3,(H,15,17)(H,16,18). The summed E-state index contributed by atoms with van der Waals surface area (Å²) in [5, 5.41) is 8.63. The van der Waals surface area contributed by atoms with Crippen LogP contribution in [0, 0.1) is 0 Å². The van der Waals surface area contributed by atoms with Crippen LogP contribution < -0.4 is 16.0 Å². The number of methoxy groups -OCH3 is 1. The van der Waals surface area contributed by atoms with Crippen molar-refractivity contribution in [2.75, 3.05) is 36.0 Å². The molecular weight excluding hydrogens is 278 g/mol. The second kappa shape index (κ2) is 7.28. The highest BCUT2D eigenvalue weighted by Gasteiger charge is 2.22. The number of anilines is 2. The van der Waals surface area contributed by atoms with Crippen LogP contribution in [0.15, 0.2) is 24.3 Å². The minimum absolute atomic E-state index is 0.0174.